The highest BCUT2D eigenvalue weighted by Gasteiger charge is 2.09. The van der Waals surface area contributed by atoms with Crippen molar-refractivity contribution >= 4 is 23.1 Å². The van der Waals surface area contributed by atoms with Crippen LogP contribution in [-0.4, -0.2) is 41.8 Å². The van der Waals surface area contributed by atoms with Crippen LogP contribution in [0.25, 0.3) is 0 Å². The van der Waals surface area contributed by atoms with E-state index in [1.807, 2.05) is 0 Å². The van der Waals surface area contributed by atoms with Crippen molar-refractivity contribution in [2.45, 2.75) is 6.42 Å². The van der Waals surface area contributed by atoms with E-state index >= 15 is 0 Å². The number of nitro benzene ring substituents is 1. The maximum absolute atomic E-state index is 10.8. The Bertz CT molecular complexity index is 415. The molecule has 7 heteroatoms. The zero-order valence-electron chi connectivity index (χ0n) is 10.8. The van der Waals surface area contributed by atoms with Gasteiger partial charge in [-0.05, 0) is 12.2 Å². The molecular weight excluding hydrogens is 268 g/mol. The van der Waals surface area contributed by atoms with Crippen LogP contribution in [0.1, 0.15) is 6.42 Å². The minimum Gasteiger partial charge on any atom is -0.496 e. The molecule has 19 heavy (non-hydrogen) atoms. The van der Waals surface area contributed by atoms with Crippen LogP contribution in [-0.2, 0) is 0 Å². The third-order valence-electron chi connectivity index (χ3n) is 2.36. The molecular formula is C12H18N2O4S. The van der Waals surface area contributed by atoms with E-state index in [4.69, 9.17) is 9.84 Å². The minimum absolute atomic E-state index is 0.00906. The number of methoxy groups -OCH3 is 1. The number of non-ortho nitro benzene ring substituents is 1. The van der Waals surface area contributed by atoms with E-state index in [2.05, 4.69) is 5.32 Å². The van der Waals surface area contributed by atoms with Gasteiger partial charge in [-0.25, -0.2) is 0 Å². The molecule has 0 aliphatic rings. The van der Waals surface area contributed by atoms with Crippen LogP contribution in [0.15, 0.2) is 18.2 Å². The van der Waals surface area contributed by atoms with Gasteiger partial charge in [0.1, 0.15) is 5.75 Å². The third-order valence-corrected chi connectivity index (χ3v) is 3.43. The van der Waals surface area contributed by atoms with E-state index in [1.54, 1.807) is 17.8 Å². The zero-order chi connectivity index (χ0) is 14.1. The van der Waals surface area contributed by atoms with E-state index in [0.29, 0.717) is 18.0 Å². The molecule has 0 saturated heterocycles. The quantitative estimate of drug-likeness (QED) is 0.411. The molecule has 0 heterocycles. The molecule has 106 valence electrons. The first-order valence-corrected chi connectivity index (χ1v) is 7.09. The molecule has 0 radical (unpaired) electrons. The van der Waals surface area contributed by atoms with Gasteiger partial charge in [0.25, 0.3) is 5.69 Å². The normalized spacial score (nSPS) is 10.2. The SMILES string of the molecule is COc1cc(NCCSCCCO)cc([N+](=O)[O-])c1. The molecule has 1 rings (SSSR count). The van der Waals surface area contributed by atoms with Crippen molar-refractivity contribution in [3.8, 4) is 5.75 Å². The van der Waals surface area contributed by atoms with Crippen LogP contribution in [0.4, 0.5) is 11.4 Å². The number of aliphatic hydroxyl groups excluding tert-OH is 1. The molecule has 0 aliphatic carbocycles. The summed E-state index contributed by atoms with van der Waals surface area (Å²) in [6.07, 6.45) is 0.787. The van der Waals surface area contributed by atoms with Gasteiger partial charge in [0.15, 0.2) is 0 Å². The minimum atomic E-state index is -0.441. The van der Waals surface area contributed by atoms with Crippen LogP contribution >= 0.6 is 11.8 Å². The standard InChI is InChI=1S/C12H18N2O4S/c1-18-12-8-10(7-11(9-12)14(16)17)13-3-6-19-5-2-4-15/h7-9,13,15H,2-6H2,1H3. The summed E-state index contributed by atoms with van der Waals surface area (Å²) >= 11 is 1.73. The Morgan fingerprint density at radius 2 is 2.21 bits per heavy atom. The Balaban J connectivity index is 2.48. The summed E-state index contributed by atoms with van der Waals surface area (Å²) in [5.41, 5.74) is 0.684. The van der Waals surface area contributed by atoms with Crippen LogP contribution in [0, 0.1) is 10.1 Å². The molecule has 0 saturated carbocycles. The number of ether oxygens (including phenoxy) is 1. The third kappa shape index (κ3) is 5.80. The number of nitrogens with zero attached hydrogens (tertiary/aromatic N) is 1. The Kier molecular flexibility index (Phi) is 7.06. The highest BCUT2D eigenvalue weighted by Crippen LogP contribution is 2.25. The summed E-state index contributed by atoms with van der Waals surface area (Å²) in [5.74, 6) is 2.26. The van der Waals surface area contributed by atoms with E-state index < -0.39 is 4.92 Å². The lowest BCUT2D eigenvalue weighted by Crippen LogP contribution is -2.05. The zero-order valence-corrected chi connectivity index (χ0v) is 11.6. The van der Waals surface area contributed by atoms with Gasteiger partial charge < -0.3 is 15.2 Å². The van der Waals surface area contributed by atoms with E-state index in [0.717, 1.165) is 17.9 Å². The number of hydrogen-bond donors (Lipinski definition) is 2. The average Bonchev–Trinajstić information content (AvgIpc) is 2.42. The summed E-state index contributed by atoms with van der Waals surface area (Å²) in [5, 5.41) is 22.5. The lowest BCUT2D eigenvalue weighted by Gasteiger charge is -2.08. The summed E-state index contributed by atoms with van der Waals surface area (Å²) < 4.78 is 5.03. The molecule has 0 atom stereocenters. The summed E-state index contributed by atoms with van der Waals surface area (Å²) in [6, 6.07) is 4.60. The largest absolute Gasteiger partial charge is 0.496 e. The monoisotopic (exact) mass is 286 g/mol. The second-order valence-electron chi connectivity index (χ2n) is 3.79. The predicted octanol–water partition coefficient (Wildman–Crippen LogP) is 2.13. The van der Waals surface area contributed by atoms with Gasteiger partial charge >= 0.3 is 0 Å². The maximum Gasteiger partial charge on any atom is 0.275 e. The van der Waals surface area contributed by atoms with Crippen molar-refractivity contribution in [1.29, 1.82) is 0 Å². The van der Waals surface area contributed by atoms with Crippen molar-refractivity contribution in [2.24, 2.45) is 0 Å². The molecule has 2 N–H and O–H groups in total. The second-order valence-corrected chi connectivity index (χ2v) is 5.02. The van der Waals surface area contributed by atoms with Gasteiger partial charge in [-0.2, -0.15) is 11.8 Å². The molecule has 0 fully saturated rings. The number of aliphatic hydroxyl groups is 1. The maximum atomic E-state index is 10.8. The summed E-state index contributed by atoms with van der Waals surface area (Å²) in [7, 11) is 1.48. The first-order valence-electron chi connectivity index (χ1n) is 5.93. The van der Waals surface area contributed by atoms with Crippen LogP contribution in [0.5, 0.6) is 5.75 Å². The summed E-state index contributed by atoms with van der Waals surface area (Å²) in [4.78, 5) is 10.3. The molecule has 0 aliphatic heterocycles. The van der Waals surface area contributed by atoms with E-state index in [9.17, 15) is 10.1 Å². The lowest BCUT2D eigenvalue weighted by molar-refractivity contribution is -0.384. The number of nitro groups is 1. The van der Waals surface area contributed by atoms with Crippen LogP contribution < -0.4 is 10.1 Å². The van der Waals surface area contributed by atoms with Gasteiger partial charge in [0, 0.05) is 36.7 Å². The molecule has 0 amide bonds. The number of hydrogen-bond acceptors (Lipinski definition) is 6. The number of benzene rings is 1. The first-order chi connectivity index (χ1) is 9.17. The van der Waals surface area contributed by atoms with Crippen molar-refractivity contribution < 1.29 is 14.8 Å². The van der Waals surface area contributed by atoms with Crippen LogP contribution in [0.2, 0.25) is 0 Å². The highest BCUT2D eigenvalue weighted by molar-refractivity contribution is 7.99. The Hall–Kier alpha value is -1.47. The van der Waals surface area contributed by atoms with Gasteiger partial charge in [0.05, 0.1) is 18.1 Å². The number of nitrogens with one attached hydrogen (secondary N) is 1. The fourth-order valence-electron chi connectivity index (χ4n) is 1.44. The first kappa shape index (κ1) is 15.6. The number of rotatable bonds is 9. The smallest absolute Gasteiger partial charge is 0.275 e. The van der Waals surface area contributed by atoms with E-state index in [1.165, 1.54) is 19.2 Å². The molecule has 6 nitrogen and oxygen atoms in total. The van der Waals surface area contributed by atoms with Gasteiger partial charge in [0.2, 0.25) is 0 Å². The average molecular weight is 286 g/mol. The fraction of sp³-hybridized carbons (Fsp3) is 0.500. The Morgan fingerprint density at radius 3 is 2.84 bits per heavy atom. The number of thioether (sulfide) groups is 1. The highest BCUT2D eigenvalue weighted by atomic mass is 32.2. The second kappa shape index (κ2) is 8.60. The van der Waals surface area contributed by atoms with Crippen molar-refractivity contribution in [3.63, 3.8) is 0 Å². The Morgan fingerprint density at radius 1 is 1.42 bits per heavy atom. The fourth-order valence-corrected chi connectivity index (χ4v) is 2.23. The van der Waals surface area contributed by atoms with Gasteiger partial charge in [-0.3, -0.25) is 10.1 Å². The molecule has 1 aromatic rings. The van der Waals surface area contributed by atoms with E-state index in [-0.39, 0.29) is 12.3 Å². The van der Waals surface area contributed by atoms with Crippen molar-refractivity contribution in [1.82, 2.24) is 0 Å². The van der Waals surface area contributed by atoms with Crippen molar-refractivity contribution in [2.75, 3.05) is 37.1 Å². The van der Waals surface area contributed by atoms with Gasteiger partial charge in [-0.1, -0.05) is 0 Å². The topological polar surface area (TPSA) is 84.6 Å². The molecule has 0 unspecified atom stereocenters. The van der Waals surface area contributed by atoms with Crippen LogP contribution in [0.3, 0.4) is 0 Å². The summed E-state index contributed by atoms with van der Waals surface area (Å²) in [6.45, 7) is 0.920. The molecule has 0 bridgehead atoms. The number of anilines is 1. The lowest BCUT2D eigenvalue weighted by atomic mass is 10.2. The predicted molar refractivity (Wildman–Crippen MR) is 77.2 cm³/mol. The molecule has 0 spiro atoms. The Labute approximate surface area is 116 Å². The van der Waals surface area contributed by atoms with Crippen molar-refractivity contribution in [3.05, 3.63) is 28.3 Å². The molecule has 1 aromatic carbocycles. The molecule has 0 aromatic heterocycles. The van der Waals surface area contributed by atoms with Gasteiger partial charge in [-0.15, -0.1) is 0 Å².